The third-order valence-corrected chi connectivity index (χ3v) is 4.54. The van der Waals surface area contributed by atoms with Crippen molar-refractivity contribution in [3.63, 3.8) is 0 Å². The minimum Gasteiger partial charge on any atom is -0.452 e. The van der Waals surface area contributed by atoms with Crippen molar-refractivity contribution in [3.8, 4) is 5.75 Å². The third-order valence-electron chi connectivity index (χ3n) is 3.61. The van der Waals surface area contributed by atoms with Crippen LogP contribution in [0.15, 0.2) is 59.5 Å². The van der Waals surface area contributed by atoms with Gasteiger partial charge in [-0.2, -0.15) is 0 Å². The largest absolute Gasteiger partial charge is 0.573 e. The van der Waals surface area contributed by atoms with Gasteiger partial charge in [0.05, 0.1) is 4.90 Å². The Morgan fingerprint density at radius 3 is 2.19 bits per heavy atom. The summed E-state index contributed by atoms with van der Waals surface area (Å²) >= 11 is 0. The van der Waals surface area contributed by atoms with E-state index in [0.717, 1.165) is 18.2 Å². The third kappa shape index (κ3) is 8.88. The highest BCUT2D eigenvalue weighted by atomic mass is 32.2. The number of esters is 1. The van der Waals surface area contributed by atoms with Crippen molar-refractivity contribution in [1.82, 2.24) is 5.32 Å². The number of primary sulfonamides is 1. The van der Waals surface area contributed by atoms with Crippen LogP contribution in [0.3, 0.4) is 0 Å². The summed E-state index contributed by atoms with van der Waals surface area (Å²) in [6, 6.07) is 10.3. The van der Waals surface area contributed by atoms with Crippen LogP contribution in [0.4, 0.5) is 13.2 Å². The van der Waals surface area contributed by atoms with Crippen molar-refractivity contribution < 1.29 is 40.7 Å². The van der Waals surface area contributed by atoms with Gasteiger partial charge >= 0.3 is 12.3 Å². The number of rotatable bonds is 8. The second-order valence-electron chi connectivity index (χ2n) is 6.02. The summed E-state index contributed by atoms with van der Waals surface area (Å²) in [7, 11) is -3.81. The second-order valence-corrected chi connectivity index (χ2v) is 7.58. The lowest BCUT2D eigenvalue weighted by atomic mass is 10.2. The number of sulfonamides is 1. The van der Waals surface area contributed by atoms with Gasteiger partial charge in [-0.15, -0.1) is 13.2 Å². The van der Waals surface area contributed by atoms with Crippen LogP contribution < -0.4 is 15.2 Å². The van der Waals surface area contributed by atoms with E-state index in [1.807, 2.05) is 0 Å². The molecule has 0 saturated carbocycles. The van der Waals surface area contributed by atoms with E-state index in [0.29, 0.717) is 11.1 Å². The fraction of sp³-hybridized carbons (Fsp3) is 0.158. The van der Waals surface area contributed by atoms with Gasteiger partial charge in [0.2, 0.25) is 10.0 Å². The quantitative estimate of drug-likeness (QED) is 0.461. The van der Waals surface area contributed by atoms with Crippen molar-refractivity contribution in [2.75, 3.05) is 6.61 Å². The Balaban J connectivity index is 1.76. The van der Waals surface area contributed by atoms with Gasteiger partial charge in [0.25, 0.3) is 5.91 Å². The van der Waals surface area contributed by atoms with E-state index in [4.69, 9.17) is 9.88 Å². The molecule has 2 aromatic carbocycles. The highest BCUT2D eigenvalue weighted by Gasteiger charge is 2.30. The summed E-state index contributed by atoms with van der Waals surface area (Å²) in [5.74, 6) is -1.82. The highest BCUT2D eigenvalue weighted by Crippen LogP contribution is 2.23. The molecule has 0 saturated heterocycles. The van der Waals surface area contributed by atoms with Gasteiger partial charge in [-0.05, 0) is 41.5 Å². The van der Waals surface area contributed by atoms with E-state index in [1.54, 1.807) is 0 Å². The molecule has 0 heterocycles. The van der Waals surface area contributed by atoms with Crippen molar-refractivity contribution in [3.05, 3.63) is 65.7 Å². The predicted octanol–water partition coefficient (Wildman–Crippen LogP) is 2.11. The Morgan fingerprint density at radius 1 is 1.03 bits per heavy atom. The molecular weight excluding hydrogens is 441 g/mol. The molecule has 0 radical (unpaired) electrons. The molecule has 2 aromatic rings. The average molecular weight is 458 g/mol. The molecule has 0 atom stereocenters. The first-order valence-electron chi connectivity index (χ1n) is 8.51. The summed E-state index contributed by atoms with van der Waals surface area (Å²) in [5, 5.41) is 7.47. The highest BCUT2D eigenvalue weighted by molar-refractivity contribution is 7.89. The molecular formula is C19H17F3N2O6S. The lowest BCUT2D eigenvalue weighted by molar-refractivity contribution is -0.274. The average Bonchev–Trinajstić information content (AvgIpc) is 2.68. The number of ether oxygens (including phenoxy) is 2. The first-order chi connectivity index (χ1) is 14.4. The summed E-state index contributed by atoms with van der Waals surface area (Å²) < 4.78 is 67.1. The minimum absolute atomic E-state index is 0.0641. The lowest BCUT2D eigenvalue weighted by Crippen LogP contribution is -2.28. The molecule has 0 unspecified atom stereocenters. The van der Waals surface area contributed by atoms with Gasteiger partial charge in [0.15, 0.2) is 6.61 Å². The van der Waals surface area contributed by atoms with Gasteiger partial charge in [0.1, 0.15) is 5.75 Å². The standard InChI is InChI=1S/C19H17F3N2O6S/c20-19(21,22)30-15-6-1-13(2-7-15)5-10-18(26)29-12-17(25)24-11-14-3-8-16(9-4-14)31(23,27)28/h1-10H,11-12H2,(H,24,25)(H2,23,27,28)/b10-5+. The van der Waals surface area contributed by atoms with Crippen LogP contribution in [-0.4, -0.2) is 33.3 Å². The normalized spacial score (nSPS) is 11.9. The van der Waals surface area contributed by atoms with Gasteiger partial charge in [0, 0.05) is 12.6 Å². The first kappa shape index (κ1) is 23.9. The Bertz CT molecular complexity index is 1050. The van der Waals surface area contributed by atoms with Crippen LogP contribution in [0.25, 0.3) is 6.08 Å². The fourth-order valence-electron chi connectivity index (χ4n) is 2.18. The van der Waals surface area contributed by atoms with Crippen LogP contribution in [0.5, 0.6) is 5.75 Å². The SMILES string of the molecule is NS(=O)(=O)c1ccc(CNC(=O)COC(=O)/C=C/c2ccc(OC(F)(F)F)cc2)cc1. The number of hydrogen-bond donors (Lipinski definition) is 2. The Kier molecular flexibility index (Phi) is 7.78. The smallest absolute Gasteiger partial charge is 0.452 e. The number of amides is 1. The zero-order valence-electron chi connectivity index (χ0n) is 15.8. The molecule has 31 heavy (non-hydrogen) atoms. The maximum atomic E-state index is 12.1. The van der Waals surface area contributed by atoms with Gasteiger partial charge in [-0.25, -0.2) is 18.4 Å². The van der Waals surface area contributed by atoms with Crippen LogP contribution >= 0.6 is 0 Å². The molecule has 1 amide bonds. The molecule has 8 nitrogen and oxygen atoms in total. The topological polar surface area (TPSA) is 125 Å². The van der Waals surface area contributed by atoms with Crippen molar-refractivity contribution in [1.29, 1.82) is 0 Å². The Hall–Kier alpha value is -3.38. The van der Waals surface area contributed by atoms with Gasteiger partial charge in [-0.3, -0.25) is 4.79 Å². The zero-order chi connectivity index (χ0) is 23.1. The molecule has 0 aliphatic carbocycles. The number of nitrogens with one attached hydrogen (secondary N) is 1. The number of carbonyl (C=O) groups is 2. The summed E-state index contributed by atoms with van der Waals surface area (Å²) in [4.78, 5) is 23.3. The molecule has 166 valence electrons. The summed E-state index contributed by atoms with van der Waals surface area (Å²) in [5.41, 5.74) is 1.02. The number of alkyl halides is 3. The van der Waals surface area contributed by atoms with E-state index in [9.17, 15) is 31.2 Å². The lowest BCUT2D eigenvalue weighted by Gasteiger charge is -2.08. The molecule has 2 rings (SSSR count). The number of benzene rings is 2. The second kappa shape index (κ2) is 10.1. The minimum atomic E-state index is -4.80. The Labute approximate surface area is 175 Å². The maximum absolute atomic E-state index is 12.1. The van der Waals surface area contributed by atoms with E-state index >= 15 is 0 Å². The predicted molar refractivity (Wildman–Crippen MR) is 103 cm³/mol. The first-order valence-corrected chi connectivity index (χ1v) is 10.1. The number of nitrogens with two attached hydrogens (primary N) is 1. The molecule has 3 N–H and O–H groups in total. The summed E-state index contributed by atoms with van der Waals surface area (Å²) in [6.07, 6.45) is -2.49. The van der Waals surface area contributed by atoms with E-state index in [2.05, 4.69) is 10.1 Å². The number of halogens is 3. The van der Waals surface area contributed by atoms with Crippen molar-refractivity contribution >= 4 is 28.0 Å². The monoisotopic (exact) mass is 458 g/mol. The van der Waals surface area contributed by atoms with Crippen LogP contribution in [0.1, 0.15) is 11.1 Å². The molecule has 0 aromatic heterocycles. The number of carbonyl (C=O) groups excluding carboxylic acids is 2. The maximum Gasteiger partial charge on any atom is 0.573 e. The van der Waals surface area contributed by atoms with E-state index in [-0.39, 0.29) is 11.4 Å². The summed E-state index contributed by atoms with van der Waals surface area (Å²) in [6.45, 7) is -0.486. The number of hydrogen-bond acceptors (Lipinski definition) is 6. The zero-order valence-corrected chi connectivity index (χ0v) is 16.6. The van der Waals surface area contributed by atoms with Gasteiger partial charge < -0.3 is 14.8 Å². The Morgan fingerprint density at radius 2 is 1.65 bits per heavy atom. The van der Waals surface area contributed by atoms with Crippen molar-refractivity contribution in [2.45, 2.75) is 17.8 Å². The fourth-order valence-corrected chi connectivity index (χ4v) is 2.69. The van der Waals surface area contributed by atoms with Crippen LogP contribution in [0, 0.1) is 0 Å². The van der Waals surface area contributed by atoms with Gasteiger partial charge in [-0.1, -0.05) is 24.3 Å². The molecule has 0 bridgehead atoms. The van der Waals surface area contributed by atoms with Crippen LogP contribution in [0.2, 0.25) is 0 Å². The van der Waals surface area contributed by atoms with E-state index in [1.165, 1.54) is 42.5 Å². The van der Waals surface area contributed by atoms with E-state index < -0.39 is 40.6 Å². The molecule has 12 heteroatoms. The molecule has 0 aliphatic heterocycles. The van der Waals surface area contributed by atoms with Crippen LogP contribution in [-0.2, 0) is 30.9 Å². The van der Waals surface area contributed by atoms with Crippen molar-refractivity contribution in [2.24, 2.45) is 5.14 Å². The molecule has 0 spiro atoms. The molecule has 0 fully saturated rings. The molecule has 0 aliphatic rings.